The summed E-state index contributed by atoms with van der Waals surface area (Å²) in [5.74, 6) is -1.50. The highest BCUT2D eigenvalue weighted by Crippen LogP contribution is 2.12. The van der Waals surface area contributed by atoms with Crippen LogP contribution in [-0.4, -0.2) is 52.7 Å². The number of piperidine rings is 1. The summed E-state index contributed by atoms with van der Waals surface area (Å²) in [5.41, 5.74) is -0.702. The average Bonchev–Trinajstić information content (AvgIpc) is 2.35. The third-order valence-electron chi connectivity index (χ3n) is 3.04. The summed E-state index contributed by atoms with van der Waals surface area (Å²) in [5, 5.41) is 11.3. The Morgan fingerprint density at radius 2 is 1.76 bits per heavy atom. The summed E-state index contributed by atoms with van der Waals surface area (Å²) in [6, 6.07) is -1.09. The number of nitrogens with zero attached hydrogens (tertiary/aromatic N) is 1. The number of amides is 2. The zero-order valence-electron chi connectivity index (χ0n) is 12.8. The maximum atomic E-state index is 12.3. The van der Waals surface area contributed by atoms with E-state index < -0.39 is 30.1 Å². The molecular weight excluding hydrogens is 276 g/mol. The second-order valence-electron chi connectivity index (χ2n) is 6.18. The molecule has 0 aromatic heterocycles. The van der Waals surface area contributed by atoms with Gasteiger partial charge in [0.05, 0.1) is 6.42 Å². The summed E-state index contributed by atoms with van der Waals surface area (Å²) in [6.07, 6.45) is 1.64. The van der Waals surface area contributed by atoms with Crippen LogP contribution in [0.15, 0.2) is 0 Å². The van der Waals surface area contributed by atoms with Gasteiger partial charge in [0, 0.05) is 13.1 Å². The Morgan fingerprint density at radius 1 is 1.19 bits per heavy atom. The molecule has 0 aliphatic carbocycles. The molecule has 0 aromatic rings. The zero-order valence-corrected chi connectivity index (χ0v) is 12.8. The van der Waals surface area contributed by atoms with Crippen molar-refractivity contribution >= 4 is 18.0 Å². The van der Waals surface area contributed by atoms with Crippen LogP contribution in [0.2, 0.25) is 0 Å². The molecule has 1 saturated heterocycles. The molecule has 1 fully saturated rings. The maximum absolute atomic E-state index is 12.3. The molecule has 0 bridgehead atoms. The van der Waals surface area contributed by atoms with Crippen molar-refractivity contribution in [3.8, 4) is 0 Å². The predicted molar refractivity (Wildman–Crippen MR) is 75.8 cm³/mol. The van der Waals surface area contributed by atoms with Crippen LogP contribution >= 0.6 is 0 Å². The molecule has 0 saturated carbocycles. The number of ether oxygens (including phenoxy) is 1. The van der Waals surface area contributed by atoms with Crippen LogP contribution in [0.1, 0.15) is 46.5 Å². The molecule has 2 N–H and O–H groups in total. The van der Waals surface area contributed by atoms with Crippen molar-refractivity contribution in [3.05, 3.63) is 0 Å². The fraction of sp³-hybridized carbons (Fsp3) is 0.786. The average molecular weight is 300 g/mol. The van der Waals surface area contributed by atoms with E-state index in [4.69, 9.17) is 9.84 Å². The first-order valence-electron chi connectivity index (χ1n) is 7.19. The molecule has 1 rings (SSSR count). The van der Waals surface area contributed by atoms with Gasteiger partial charge in [-0.1, -0.05) is 0 Å². The Morgan fingerprint density at radius 3 is 2.24 bits per heavy atom. The van der Waals surface area contributed by atoms with Crippen LogP contribution in [-0.2, 0) is 14.3 Å². The van der Waals surface area contributed by atoms with Gasteiger partial charge >= 0.3 is 12.1 Å². The minimum absolute atomic E-state index is 0.358. The summed E-state index contributed by atoms with van der Waals surface area (Å²) in [4.78, 5) is 36.6. The van der Waals surface area contributed by atoms with E-state index in [1.54, 1.807) is 25.7 Å². The summed E-state index contributed by atoms with van der Waals surface area (Å²) in [7, 11) is 0. The van der Waals surface area contributed by atoms with Gasteiger partial charge in [0.2, 0.25) is 5.91 Å². The van der Waals surface area contributed by atoms with Crippen molar-refractivity contribution in [2.24, 2.45) is 0 Å². The van der Waals surface area contributed by atoms with E-state index in [0.29, 0.717) is 13.1 Å². The van der Waals surface area contributed by atoms with Crippen molar-refractivity contribution in [2.45, 2.75) is 58.1 Å². The molecule has 120 valence electrons. The number of aliphatic carboxylic acids is 1. The number of nitrogens with one attached hydrogen (secondary N) is 1. The van der Waals surface area contributed by atoms with Gasteiger partial charge in [0.25, 0.3) is 0 Å². The molecule has 21 heavy (non-hydrogen) atoms. The van der Waals surface area contributed by atoms with Gasteiger partial charge in [-0.3, -0.25) is 9.59 Å². The minimum Gasteiger partial charge on any atom is -0.481 e. The SMILES string of the molecule is CC(C)(C)OC(=O)NC(CC(=O)O)C(=O)N1CCCCC1. The Balaban J connectivity index is 2.68. The molecule has 2 amide bonds. The molecule has 1 unspecified atom stereocenters. The molecule has 0 spiro atoms. The number of likely N-dealkylation sites (tertiary alicyclic amines) is 1. The Labute approximate surface area is 124 Å². The van der Waals surface area contributed by atoms with E-state index in [-0.39, 0.29) is 5.91 Å². The summed E-state index contributed by atoms with van der Waals surface area (Å²) < 4.78 is 5.07. The van der Waals surface area contributed by atoms with Gasteiger partial charge < -0.3 is 20.1 Å². The van der Waals surface area contributed by atoms with E-state index in [9.17, 15) is 14.4 Å². The normalized spacial score (nSPS) is 17.0. The number of carboxylic acids is 1. The fourth-order valence-electron chi connectivity index (χ4n) is 2.16. The second kappa shape index (κ2) is 7.28. The first-order valence-corrected chi connectivity index (χ1v) is 7.19. The van der Waals surface area contributed by atoms with Crippen molar-refractivity contribution in [2.75, 3.05) is 13.1 Å². The molecule has 1 heterocycles. The lowest BCUT2D eigenvalue weighted by atomic mass is 10.1. The molecular formula is C14H24N2O5. The highest BCUT2D eigenvalue weighted by Gasteiger charge is 2.30. The van der Waals surface area contributed by atoms with E-state index in [1.807, 2.05) is 0 Å². The lowest BCUT2D eigenvalue weighted by molar-refractivity contribution is -0.143. The van der Waals surface area contributed by atoms with E-state index >= 15 is 0 Å². The van der Waals surface area contributed by atoms with Crippen LogP contribution in [0.5, 0.6) is 0 Å². The number of carbonyl (C=O) groups excluding carboxylic acids is 2. The molecule has 0 radical (unpaired) electrons. The number of hydrogen-bond acceptors (Lipinski definition) is 4. The Bertz CT molecular complexity index is 397. The monoisotopic (exact) mass is 300 g/mol. The van der Waals surface area contributed by atoms with Gasteiger partial charge in [0.15, 0.2) is 0 Å². The molecule has 1 aliphatic rings. The van der Waals surface area contributed by atoms with Gasteiger partial charge in [-0.25, -0.2) is 4.79 Å². The van der Waals surface area contributed by atoms with Crippen LogP contribution in [0.25, 0.3) is 0 Å². The number of hydrogen-bond donors (Lipinski definition) is 2. The second-order valence-corrected chi connectivity index (χ2v) is 6.18. The number of rotatable bonds is 4. The lowest BCUT2D eigenvalue weighted by Crippen LogP contribution is -2.51. The quantitative estimate of drug-likeness (QED) is 0.817. The largest absolute Gasteiger partial charge is 0.481 e. The van der Waals surface area contributed by atoms with E-state index in [2.05, 4.69) is 5.32 Å². The van der Waals surface area contributed by atoms with Gasteiger partial charge in [-0.05, 0) is 40.0 Å². The van der Waals surface area contributed by atoms with Crippen LogP contribution in [0.3, 0.4) is 0 Å². The first kappa shape index (κ1) is 17.3. The van der Waals surface area contributed by atoms with Crippen LogP contribution < -0.4 is 5.32 Å². The van der Waals surface area contributed by atoms with Crippen molar-refractivity contribution in [1.29, 1.82) is 0 Å². The van der Waals surface area contributed by atoms with Gasteiger partial charge in [0.1, 0.15) is 11.6 Å². The van der Waals surface area contributed by atoms with Crippen molar-refractivity contribution < 1.29 is 24.2 Å². The highest BCUT2D eigenvalue weighted by atomic mass is 16.6. The number of carboxylic acid groups (broad SMARTS) is 1. The van der Waals surface area contributed by atoms with Crippen molar-refractivity contribution in [1.82, 2.24) is 10.2 Å². The standard InChI is InChI=1S/C14H24N2O5/c1-14(2,3)21-13(20)15-10(9-11(17)18)12(19)16-7-5-4-6-8-16/h10H,4-9H2,1-3H3,(H,15,20)(H,17,18). The molecule has 7 nitrogen and oxygen atoms in total. The third-order valence-corrected chi connectivity index (χ3v) is 3.04. The third kappa shape index (κ3) is 6.46. The summed E-state index contributed by atoms with van der Waals surface area (Å²) in [6.45, 7) is 6.30. The van der Waals surface area contributed by atoms with Crippen LogP contribution in [0, 0.1) is 0 Å². The van der Waals surface area contributed by atoms with Crippen molar-refractivity contribution in [3.63, 3.8) is 0 Å². The Hall–Kier alpha value is -1.79. The molecule has 1 atom stereocenters. The van der Waals surface area contributed by atoms with Crippen LogP contribution in [0.4, 0.5) is 4.79 Å². The minimum atomic E-state index is -1.14. The maximum Gasteiger partial charge on any atom is 0.408 e. The lowest BCUT2D eigenvalue weighted by Gasteiger charge is -2.30. The Kier molecular flexibility index (Phi) is 5.99. The fourth-order valence-corrected chi connectivity index (χ4v) is 2.16. The van der Waals surface area contributed by atoms with E-state index in [1.165, 1.54) is 0 Å². The van der Waals surface area contributed by atoms with E-state index in [0.717, 1.165) is 19.3 Å². The zero-order chi connectivity index (χ0) is 16.0. The molecule has 1 aliphatic heterocycles. The molecule has 7 heteroatoms. The summed E-state index contributed by atoms with van der Waals surface area (Å²) >= 11 is 0. The smallest absolute Gasteiger partial charge is 0.408 e. The topological polar surface area (TPSA) is 95.9 Å². The number of carbonyl (C=O) groups is 3. The molecule has 0 aromatic carbocycles. The highest BCUT2D eigenvalue weighted by molar-refractivity contribution is 5.89. The first-order chi connectivity index (χ1) is 9.69. The van der Waals surface area contributed by atoms with Gasteiger partial charge in [-0.2, -0.15) is 0 Å². The number of alkyl carbamates (subject to hydrolysis) is 1. The van der Waals surface area contributed by atoms with Gasteiger partial charge in [-0.15, -0.1) is 0 Å². The predicted octanol–water partition coefficient (Wildman–Crippen LogP) is 1.37.